The summed E-state index contributed by atoms with van der Waals surface area (Å²) in [6.07, 6.45) is 4.27. The molecule has 1 aromatic carbocycles. The maximum Gasteiger partial charge on any atom is 0.191 e. The number of benzene rings is 1. The molecule has 0 radical (unpaired) electrons. The fourth-order valence-corrected chi connectivity index (χ4v) is 4.24. The Bertz CT molecular complexity index is 581. The quantitative estimate of drug-likeness (QED) is 0.641. The van der Waals surface area contributed by atoms with Crippen molar-refractivity contribution < 1.29 is 4.74 Å². The number of hydrogen-bond donors (Lipinski definition) is 1. The molecule has 0 unspecified atom stereocenters. The molecule has 0 spiro atoms. The van der Waals surface area contributed by atoms with Crippen LogP contribution in [-0.2, 0) is 4.74 Å². The fraction of sp³-hybridized carbons (Fsp3) is 0.611. The molecule has 0 amide bonds. The van der Waals surface area contributed by atoms with Crippen LogP contribution in [0.2, 0.25) is 5.02 Å². The highest BCUT2D eigenvalue weighted by Crippen LogP contribution is 2.34. The summed E-state index contributed by atoms with van der Waals surface area (Å²) in [5, 5.41) is 0.773. The Kier molecular flexibility index (Phi) is 6.36. The van der Waals surface area contributed by atoms with Gasteiger partial charge in [0.05, 0.1) is 6.54 Å². The molecule has 2 aliphatic rings. The van der Waals surface area contributed by atoms with Crippen molar-refractivity contribution in [2.75, 3.05) is 57.1 Å². The molecule has 2 heterocycles. The number of piperazine rings is 1. The highest BCUT2D eigenvalue weighted by molar-refractivity contribution is 8.00. The summed E-state index contributed by atoms with van der Waals surface area (Å²) in [5.74, 6) is 0.677. The van der Waals surface area contributed by atoms with Crippen molar-refractivity contribution in [3.63, 3.8) is 0 Å². The first-order chi connectivity index (χ1) is 12.1. The number of anilines is 1. The fourth-order valence-electron chi connectivity index (χ4n) is 3.34. The van der Waals surface area contributed by atoms with Crippen LogP contribution in [0.4, 0.5) is 5.69 Å². The SMILES string of the molecule is CSC1(CN=C(N)N2CCN(c3ccc(Cl)cc3)CC2)CCOCC1. The number of thioether (sulfide) groups is 1. The zero-order chi connectivity index (χ0) is 17.7. The van der Waals surface area contributed by atoms with Crippen LogP contribution in [0.25, 0.3) is 0 Å². The third kappa shape index (κ3) is 4.74. The minimum Gasteiger partial charge on any atom is -0.381 e. The molecule has 25 heavy (non-hydrogen) atoms. The van der Waals surface area contributed by atoms with Crippen LogP contribution in [0, 0.1) is 0 Å². The maximum absolute atomic E-state index is 6.28. The summed E-state index contributed by atoms with van der Waals surface area (Å²) >= 11 is 7.87. The lowest BCUT2D eigenvalue weighted by molar-refractivity contribution is 0.0793. The third-order valence-corrected chi connectivity index (χ3v) is 6.82. The molecule has 0 bridgehead atoms. The Morgan fingerprint density at radius 1 is 1.20 bits per heavy atom. The van der Waals surface area contributed by atoms with Crippen LogP contribution in [-0.4, -0.2) is 67.8 Å². The lowest BCUT2D eigenvalue weighted by Crippen LogP contribution is -2.51. The second-order valence-corrected chi connectivity index (χ2v) is 8.34. The molecule has 1 aromatic rings. The summed E-state index contributed by atoms with van der Waals surface area (Å²) in [4.78, 5) is 9.29. The summed E-state index contributed by atoms with van der Waals surface area (Å²) in [6, 6.07) is 8.02. The minimum absolute atomic E-state index is 0.188. The smallest absolute Gasteiger partial charge is 0.191 e. The molecule has 5 nitrogen and oxygen atoms in total. The van der Waals surface area contributed by atoms with E-state index in [9.17, 15) is 0 Å². The van der Waals surface area contributed by atoms with E-state index in [2.05, 4.69) is 28.2 Å². The van der Waals surface area contributed by atoms with E-state index in [4.69, 9.17) is 27.1 Å². The molecular formula is C18H27ClN4OS. The second-order valence-electron chi connectivity index (χ2n) is 6.62. The van der Waals surface area contributed by atoms with E-state index < -0.39 is 0 Å². The molecular weight excluding hydrogens is 356 g/mol. The standard InChI is InChI=1S/C18H27ClN4OS/c1-25-18(6-12-24-13-7-18)14-21-17(20)23-10-8-22(9-11-23)16-4-2-15(19)3-5-16/h2-5H,6-14H2,1H3,(H2,20,21). The van der Waals surface area contributed by atoms with Gasteiger partial charge >= 0.3 is 0 Å². The molecule has 138 valence electrons. The number of aliphatic imine (C=N–C) groups is 1. The van der Waals surface area contributed by atoms with Gasteiger partial charge in [0.15, 0.2) is 5.96 Å². The average molecular weight is 383 g/mol. The van der Waals surface area contributed by atoms with Crippen molar-refractivity contribution in [1.82, 2.24) is 4.90 Å². The zero-order valence-corrected chi connectivity index (χ0v) is 16.4. The van der Waals surface area contributed by atoms with Crippen molar-refractivity contribution in [2.24, 2.45) is 10.7 Å². The topological polar surface area (TPSA) is 54.1 Å². The minimum atomic E-state index is 0.188. The number of halogens is 1. The van der Waals surface area contributed by atoms with Crippen LogP contribution >= 0.6 is 23.4 Å². The lowest BCUT2D eigenvalue weighted by Gasteiger charge is -2.37. The van der Waals surface area contributed by atoms with Gasteiger partial charge in [0.1, 0.15) is 0 Å². The van der Waals surface area contributed by atoms with E-state index in [-0.39, 0.29) is 4.75 Å². The number of hydrogen-bond acceptors (Lipinski definition) is 4. The van der Waals surface area contributed by atoms with Gasteiger partial charge in [-0.2, -0.15) is 11.8 Å². The summed E-state index contributed by atoms with van der Waals surface area (Å²) in [7, 11) is 0. The number of nitrogens with zero attached hydrogens (tertiary/aromatic N) is 3. The molecule has 0 aromatic heterocycles. The predicted octanol–water partition coefficient (Wildman–Crippen LogP) is 2.69. The van der Waals surface area contributed by atoms with E-state index in [1.165, 1.54) is 5.69 Å². The normalized spacial score (nSPS) is 21.4. The summed E-state index contributed by atoms with van der Waals surface area (Å²) < 4.78 is 5.68. The third-order valence-electron chi connectivity index (χ3n) is 5.16. The first kappa shape index (κ1) is 18.7. The predicted molar refractivity (Wildman–Crippen MR) is 108 cm³/mol. The number of guanidine groups is 1. The van der Waals surface area contributed by atoms with Gasteiger partial charge in [-0.05, 0) is 43.4 Å². The molecule has 7 heteroatoms. The highest BCUT2D eigenvalue weighted by Gasteiger charge is 2.32. The molecule has 2 N–H and O–H groups in total. The van der Waals surface area contributed by atoms with Crippen LogP contribution in [0.5, 0.6) is 0 Å². The highest BCUT2D eigenvalue weighted by atomic mass is 35.5. The van der Waals surface area contributed by atoms with Crippen LogP contribution in [0.1, 0.15) is 12.8 Å². The molecule has 3 rings (SSSR count). The number of rotatable bonds is 4. The Hall–Kier alpha value is -1.11. The molecule has 2 saturated heterocycles. The van der Waals surface area contributed by atoms with Gasteiger partial charge in [0.25, 0.3) is 0 Å². The average Bonchev–Trinajstić information content (AvgIpc) is 2.67. The van der Waals surface area contributed by atoms with Crippen molar-refractivity contribution in [3.8, 4) is 0 Å². The molecule has 2 aliphatic heterocycles. The first-order valence-electron chi connectivity index (χ1n) is 8.80. The number of nitrogens with two attached hydrogens (primary N) is 1. The van der Waals surface area contributed by atoms with Crippen LogP contribution in [0.3, 0.4) is 0 Å². The maximum atomic E-state index is 6.28. The van der Waals surface area contributed by atoms with Crippen molar-refractivity contribution >= 4 is 35.0 Å². The van der Waals surface area contributed by atoms with Gasteiger partial charge in [0.2, 0.25) is 0 Å². The van der Waals surface area contributed by atoms with E-state index >= 15 is 0 Å². The van der Waals surface area contributed by atoms with Gasteiger partial charge in [-0.25, -0.2) is 0 Å². The van der Waals surface area contributed by atoms with Crippen molar-refractivity contribution in [2.45, 2.75) is 17.6 Å². The van der Waals surface area contributed by atoms with Crippen molar-refractivity contribution in [1.29, 1.82) is 0 Å². The molecule has 2 fully saturated rings. The zero-order valence-electron chi connectivity index (χ0n) is 14.8. The van der Waals surface area contributed by atoms with E-state index in [1.54, 1.807) is 0 Å². The largest absolute Gasteiger partial charge is 0.381 e. The number of ether oxygens (including phenoxy) is 1. The summed E-state index contributed by atoms with van der Waals surface area (Å²) in [5.41, 5.74) is 7.49. The van der Waals surface area contributed by atoms with E-state index in [0.717, 1.165) is 63.8 Å². The monoisotopic (exact) mass is 382 g/mol. The van der Waals surface area contributed by atoms with Gasteiger partial charge in [-0.15, -0.1) is 0 Å². The summed E-state index contributed by atoms with van der Waals surface area (Å²) in [6.45, 7) is 6.12. The van der Waals surface area contributed by atoms with Crippen molar-refractivity contribution in [3.05, 3.63) is 29.3 Å². The Morgan fingerprint density at radius 3 is 2.44 bits per heavy atom. The van der Waals surface area contributed by atoms with Crippen LogP contribution < -0.4 is 10.6 Å². The van der Waals surface area contributed by atoms with Crippen LogP contribution in [0.15, 0.2) is 29.3 Å². The van der Waals surface area contributed by atoms with Gasteiger partial charge < -0.3 is 20.3 Å². The van der Waals surface area contributed by atoms with Gasteiger partial charge in [0, 0.05) is 54.8 Å². The Balaban J connectivity index is 1.53. The molecule has 0 saturated carbocycles. The Labute approximate surface area is 159 Å². The van der Waals surface area contributed by atoms with E-state index in [0.29, 0.717) is 5.96 Å². The van der Waals surface area contributed by atoms with E-state index in [1.807, 2.05) is 23.9 Å². The van der Waals surface area contributed by atoms with Gasteiger partial charge in [-0.3, -0.25) is 4.99 Å². The van der Waals surface area contributed by atoms with Gasteiger partial charge in [-0.1, -0.05) is 11.6 Å². The molecule has 0 atom stereocenters. The molecule has 0 aliphatic carbocycles. The first-order valence-corrected chi connectivity index (χ1v) is 10.4. The Morgan fingerprint density at radius 2 is 1.84 bits per heavy atom. The lowest BCUT2D eigenvalue weighted by atomic mass is 9.99. The second kappa shape index (κ2) is 8.52.